The highest BCUT2D eigenvalue weighted by atomic mass is 14.8. The summed E-state index contributed by atoms with van der Waals surface area (Å²) in [5, 5.41) is 0. The normalized spacial score (nSPS) is 20.2. The third-order valence-corrected chi connectivity index (χ3v) is 2.73. The van der Waals surface area contributed by atoms with Crippen LogP contribution in [0.15, 0.2) is 12.3 Å². The lowest BCUT2D eigenvalue weighted by Crippen LogP contribution is -2.20. The molecule has 1 aliphatic carbocycles. The van der Waals surface area contributed by atoms with E-state index in [0.29, 0.717) is 5.41 Å². The molecule has 1 fully saturated rings. The molecule has 2 heteroatoms. The molecule has 0 unspecified atom stereocenters. The number of rotatable bonds is 2. The maximum atomic E-state index is 5.71. The van der Waals surface area contributed by atoms with Gasteiger partial charge in [0.05, 0.1) is 0 Å². The Labute approximate surface area is 66.8 Å². The van der Waals surface area contributed by atoms with Gasteiger partial charge in [0.1, 0.15) is 0 Å². The second-order valence-electron chi connectivity index (χ2n) is 3.52. The monoisotopic (exact) mass is 150 g/mol. The Balaban J connectivity index is 2.35. The smallest absolute Gasteiger partial charge is 0.0252 e. The van der Waals surface area contributed by atoms with E-state index >= 15 is 0 Å². The van der Waals surface area contributed by atoms with Gasteiger partial charge in [0.25, 0.3) is 0 Å². The van der Waals surface area contributed by atoms with Gasteiger partial charge in [0, 0.05) is 23.9 Å². The molecule has 2 rings (SSSR count). The topological polar surface area (TPSA) is 41.8 Å². The van der Waals surface area contributed by atoms with Crippen LogP contribution in [-0.2, 0) is 5.41 Å². The molecule has 0 bridgehead atoms. The van der Waals surface area contributed by atoms with Crippen molar-refractivity contribution < 1.29 is 0 Å². The van der Waals surface area contributed by atoms with Crippen LogP contribution in [-0.4, -0.2) is 11.5 Å². The van der Waals surface area contributed by atoms with Gasteiger partial charge in [-0.2, -0.15) is 0 Å². The fourth-order valence-corrected chi connectivity index (χ4v) is 1.73. The molecule has 0 spiro atoms. The average Bonchev–Trinajstić information content (AvgIpc) is 2.70. The van der Waals surface area contributed by atoms with E-state index in [1.54, 1.807) is 0 Å². The van der Waals surface area contributed by atoms with E-state index in [2.05, 4.69) is 18.0 Å². The van der Waals surface area contributed by atoms with Crippen LogP contribution < -0.4 is 5.73 Å². The summed E-state index contributed by atoms with van der Waals surface area (Å²) in [4.78, 5) is 3.28. The summed E-state index contributed by atoms with van der Waals surface area (Å²) in [6, 6.07) is 2.12. The summed E-state index contributed by atoms with van der Waals surface area (Å²) >= 11 is 0. The van der Waals surface area contributed by atoms with Crippen LogP contribution in [0.5, 0.6) is 0 Å². The third kappa shape index (κ3) is 0.897. The molecule has 60 valence electrons. The van der Waals surface area contributed by atoms with Crippen molar-refractivity contribution in [1.29, 1.82) is 0 Å². The first-order chi connectivity index (χ1) is 5.28. The zero-order chi connectivity index (χ0) is 7.90. The molecule has 1 aliphatic rings. The third-order valence-electron chi connectivity index (χ3n) is 2.73. The fraction of sp³-hybridized carbons (Fsp3) is 0.556. The van der Waals surface area contributed by atoms with E-state index < -0.39 is 0 Å². The van der Waals surface area contributed by atoms with E-state index in [4.69, 9.17) is 5.73 Å². The molecule has 0 radical (unpaired) electrons. The summed E-state index contributed by atoms with van der Waals surface area (Å²) in [6.45, 7) is 2.93. The largest absolute Gasteiger partial charge is 0.364 e. The summed E-state index contributed by atoms with van der Waals surface area (Å²) < 4.78 is 0. The van der Waals surface area contributed by atoms with Crippen LogP contribution in [0.25, 0.3) is 0 Å². The van der Waals surface area contributed by atoms with Crippen molar-refractivity contribution in [3.05, 3.63) is 23.5 Å². The summed E-state index contributed by atoms with van der Waals surface area (Å²) in [5.41, 5.74) is 8.75. The van der Waals surface area contributed by atoms with Gasteiger partial charge in [-0.15, -0.1) is 0 Å². The number of aryl methyl sites for hydroxylation is 1. The molecule has 1 aromatic heterocycles. The fourth-order valence-electron chi connectivity index (χ4n) is 1.73. The van der Waals surface area contributed by atoms with Gasteiger partial charge < -0.3 is 10.7 Å². The Bertz CT molecular complexity index is 258. The van der Waals surface area contributed by atoms with Crippen LogP contribution in [0.3, 0.4) is 0 Å². The zero-order valence-electron chi connectivity index (χ0n) is 6.85. The number of hydrogen-bond acceptors (Lipinski definition) is 1. The molecule has 1 saturated carbocycles. The molecular formula is C9H14N2. The van der Waals surface area contributed by atoms with Crippen molar-refractivity contribution in [3.63, 3.8) is 0 Å². The highest BCUT2D eigenvalue weighted by Gasteiger charge is 2.44. The first-order valence-electron chi connectivity index (χ1n) is 4.13. The molecule has 11 heavy (non-hydrogen) atoms. The SMILES string of the molecule is Cc1cc[nH]c1C1(CN)CC1. The van der Waals surface area contributed by atoms with Crippen LogP contribution in [0.1, 0.15) is 24.1 Å². The molecule has 0 aromatic carbocycles. The van der Waals surface area contributed by atoms with E-state index in [1.165, 1.54) is 24.1 Å². The lowest BCUT2D eigenvalue weighted by Gasteiger charge is -2.11. The Morgan fingerprint density at radius 1 is 1.64 bits per heavy atom. The lowest BCUT2D eigenvalue weighted by molar-refractivity contribution is 0.679. The Morgan fingerprint density at radius 3 is 2.73 bits per heavy atom. The lowest BCUT2D eigenvalue weighted by atomic mass is 10.00. The molecule has 0 amide bonds. The molecule has 1 heterocycles. The number of aromatic nitrogens is 1. The first kappa shape index (κ1) is 6.92. The molecule has 0 saturated heterocycles. The molecule has 2 nitrogen and oxygen atoms in total. The minimum absolute atomic E-state index is 0.327. The maximum Gasteiger partial charge on any atom is 0.0252 e. The molecule has 3 N–H and O–H groups in total. The van der Waals surface area contributed by atoms with Crippen molar-refractivity contribution in [1.82, 2.24) is 4.98 Å². The summed E-state index contributed by atoms with van der Waals surface area (Å²) in [7, 11) is 0. The van der Waals surface area contributed by atoms with E-state index in [1.807, 2.05) is 6.20 Å². The van der Waals surface area contributed by atoms with Gasteiger partial charge in [-0.05, 0) is 31.4 Å². The quantitative estimate of drug-likeness (QED) is 0.655. The number of nitrogens with two attached hydrogens (primary N) is 1. The zero-order valence-corrected chi connectivity index (χ0v) is 6.85. The Morgan fingerprint density at radius 2 is 2.36 bits per heavy atom. The average molecular weight is 150 g/mol. The van der Waals surface area contributed by atoms with Crippen molar-refractivity contribution in [2.45, 2.75) is 25.2 Å². The highest BCUT2D eigenvalue weighted by Crippen LogP contribution is 2.47. The van der Waals surface area contributed by atoms with Gasteiger partial charge >= 0.3 is 0 Å². The van der Waals surface area contributed by atoms with Crippen molar-refractivity contribution in [2.75, 3.05) is 6.54 Å². The summed E-state index contributed by atoms with van der Waals surface area (Å²) in [6.07, 6.45) is 4.51. The van der Waals surface area contributed by atoms with Crippen molar-refractivity contribution in [2.24, 2.45) is 5.73 Å². The number of nitrogens with one attached hydrogen (secondary N) is 1. The second-order valence-corrected chi connectivity index (χ2v) is 3.52. The van der Waals surface area contributed by atoms with Gasteiger partial charge in [0.15, 0.2) is 0 Å². The van der Waals surface area contributed by atoms with Crippen molar-refractivity contribution >= 4 is 0 Å². The molecule has 0 aliphatic heterocycles. The number of H-pyrrole nitrogens is 1. The van der Waals surface area contributed by atoms with E-state index in [0.717, 1.165) is 6.54 Å². The first-order valence-corrected chi connectivity index (χ1v) is 4.13. The van der Waals surface area contributed by atoms with Crippen LogP contribution in [0.2, 0.25) is 0 Å². The maximum absolute atomic E-state index is 5.71. The minimum Gasteiger partial charge on any atom is -0.364 e. The predicted octanol–water partition coefficient (Wildman–Crippen LogP) is 1.31. The minimum atomic E-state index is 0.327. The van der Waals surface area contributed by atoms with Crippen LogP contribution >= 0.6 is 0 Å². The van der Waals surface area contributed by atoms with Crippen LogP contribution in [0.4, 0.5) is 0 Å². The second kappa shape index (κ2) is 2.11. The highest BCUT2D eigenvalue weighted by molar-refractivity contribution is 5.32. The van der Waals surface area contributed by atoms with Crippen molar-refractivity contribution in [3.8, 4) is 0 Å². The predicted molar refractivity (Wildman–Crippen MR) is 45.5 cm³/mol. The van der Waals surface area contributed by atoms with E-state index in [-0.39, 0.29) is 0 Å². The Kier molecular flexibility index (Phi) is 1.33. The van der Waals surface area contributed by atoms with Gasteiger partial charge in [-0.1, -0.05) is 0 Å². The summed E-state index contributed by atoms with van der Waals surface area (Å²) in [5.74, 6) is 0. The molecule has 1 aromatic rings. The molecular weight excluding hydrogens is 136 g/mol. The van der Waals surface area contributed by atoms with Gasteiger partial charge in [0.2, 0.25) is 0 Å². The Hall–Kier alpha value is -0.760. The molecule has 0 atom stereocenters. The van der Waals surface area contributed by atoms with Crippen LogP contribution in [0, 0.1) is 6.92 Å². The number of aromatic amines is 1. The van der Waals surface area contributed by atoms with E-state index in [9.17, 15) is 0 Å². The standard InChI is InChI=1S/C9H14N2/c1-7-2-5-11-8(7)9(6-10)3-4-9/h2,5,11H,3-4,6,10H2,1H3. The number of hydrogen-bond donors (Lipinski definition) is 2. The van der Waals surface area contributed by atoms with Gasteiger partial charge in [-0.25, -0.2) is 0 Å². The van der Waals surface area contributed by atoms with Gasteiger partial charge in [-0.3, -0.25) is 0 Å².